The Balaban J connectivity index is 1.68. The summed E-state index contributed by atoms with van der Waals surface area (Å²) in [6, 6.07) is 8.60. The summed E-state index contributed by atoms with van der Waals surface area (Å²) in [6.45, 7) is 5.83. The second kappa shape index (κ2) is 6.06. The molecule has 1 amide bonds. The Hall–Kier alpha value is -1.55. The normalized spacial score (nSPS) is 26.3. The van der Waals surface area contributed by atoms with Crippen LogP contribution in [0.5, 0.6) is 5.75 Å². The number of carbonyl (C=O) groups is 1. The highest BCUT2D eigenvalue weighted by Gasteiger charge is 2.39. The lowest BCUT2D eigenvalue weighted by molar-refractivity contribution is -0.140. The maximum atomic E-state index is 12.8. The van der Waals surface area contributed by atoms with Gasteiger partial charge >= 0.3 is 0 Å². The molecule has 0 aliphatic carbocycles. The summed E-state index contributed by atoms with van der Waals surface area (Å²) in [6.07, 6.45) is 2.88. The second-order valence-corrected chi connectivity index (χ2v) is 6.20. The van der Waals surface area contributed by atoms with Crippen molar-refractivity contribution >= 4 is 5.91 Å². The third kappa shape index (κ3) is 3.05. The van der Waals surface area contributed by atoms with Gasteiger partial charge in [0, 0.05) is 18.6 Å². The van der Waals surface area contributed by atoms with Crippen molar-refractivity contribution in [2.75, 3.05) is 13.1 Å². The molecule has 4 nitrogen and oxygen atoms in total. The van der Waals surface area contributed by atoms with Gasteiger partial charge in [-0.1, -0.05) is 17.7 Å². The second-order valence-electron chi connectivity index (χ2n) is 6.20. The standard InChI is InChI=1S/C17H24N2O2/c1-12-3-7-16(8-4-12)21-13(2)17(20)19-14-5-6-15(19)11-18-10-9-14/h3-4,7-8,13-15,18H,5-6,9-11H2,1-2H3. The Labute approximate surface area is 126 Å². The number of benzene rings is 1. The summed E-state index contributed by atoms with van der Waals surface area (Å²) >= 11 is 0. The van der Waals surface area contributed by atoms with Crippen molar-refractivity contribution < 1.29 is 9.53 Å². The van der Waals surface area contributed by atoms with Crippen molar-refractivity contribution in [3.8, 4) is 5.75 Å². The van der Waals surface area contributed by atoms with Gasteiger partial charge in [-0.25, -0.2) is 0 Å². The molecule has 0 radical (unpaired) electrons. The Morgan fingerprint density at radius 1 is 1.24 bits per heavy atom. The molecule has 114 valence electrons. The first kappa shape index (κ1) is 14.4. The topological polar surface area (TPSA) is 41.6 Å². The summed E-state index contributed by atoms with van der Waals surface area (Å²) in [7, 11) is 0. The molecule has 0 spiro atoms. The zero-order valence-corrected chi connectivity index (χ0v) is 12.8. The molecular weight excluding hydrogens is 264 g/mol. The fraction of sp³-hybridized carbons (Fsp3) is 0.588. The lowest BCUT2D eigenvalue weighted by atomic mass is 10.1. The van der Waals surface area contributed by atoms with Gasteiger partial charge in [0.15, 0.2) is 6.10 Å². The average molecular weight is 288 g/mol. The fourth-order valence-corrected chi connectivity index (χ4v) is 3.42. The number of nitrogens with zero attached hydrogens (tertiary/aromatic N) is 1. The van der Waals surface area contributed by atoms with E-state index < -0.39 is 6.10 Å². The highest BCUT2D eigenvalue weighted by Crippen LogP contribution is 2.29. The van der Waals surface area contributed by atoms with E-state index in [4.69, 9.17) is 4.74 Å². The maximum absolute atomic E-state index is 12.8. The summed E-state index contributed by atoms with van der Waals surface area (Å²) < 4.78 is 5.84. The van der Waals surface area contributed by atoms with Gasteiger partial charge in [-0.3, -0.25) is 4.79 Å². The Bertz CT molecular complexity index is 486. The van der Waals surface area contributed by atoms with Crippen molar-refractivity contribution in [3.63, 3.8) is 0 Å². The van der Waals surface area contributed by atoms with E-state index >= 15 is 0 Å². The van der Waals surface area contributed by atoms with E-state index in [-0.39, 0.29) is 5.91 Å². The van der Waals surface area contributed by atoms with Gasteiger partial charge in [0.1, 0.15) is 5.75 Å². The largest absolute Gasteiger partial charge is 0.481 e. The lowest BCUT2D eigenvalue weighted by Gasteiger charge is -2.30. The summed E-state index contributed by atoms with van der Waals surface area (Å²) in [5.41, 5.74) is 1.19. The lowest BCUT2D eigenvalue weighted by Crippen LogP contribution is -2.48. The van der Waals surface area contributed by atoms with Gasteiger partial charge < -0.3 is 15.0 Å². The van der Waals surface area contributed by atoms with Crippen molar-refractivity contribution in [2.24, 2.45) is 0 Å². The van der Waals surface area contributed by atoms with Crippen molar-refractivity contribution in [2.45, 2.75) is 51.3 Å². The van der Waals surface area contributed by atoms with E-state index in [0.717, 1.165) is 38.1 Å². The van der Waals surface area contributed by atoms with Gasteiger partial charge in [-0.15, -0.1) is 0 Å². The molecule has 1 aromatic rings. The van der Waals surface area contributed by atoms with Crippen LogP contribution in [0.25, 0.3) is 0 Å². The van der Waals surface area contributed by atoms with E-state index in [1.54, 1.807) is 0 Å². The van der Waals surface area contributed by atoms with Crippen LogP contribution in [0.15, 0.2) is 24.3 Å². The van der Waals surface area contributed by atoms with Gasteiger partial charge in [-0.2, -0.15) is 0 Å². The van der Waals surface area contributed by atoms with Gasteiger partial charge in [0.05, 0.1) is 0 Å². The van der Waals surface area contributed by atoms with E-state index in [9.17, 15) is 4.79 Å². The van der Waals surface area contributed by atoms with Gasteiger partial charge in [-0.05, 0) is 51.8 Å². The molecule has 4 heteroatoms. The molecule has 0 aromatic heterocycles. The smallest absolute Gasteiger partial charge is 0.263 e. The molecule has 2 aliphatic rings. The van der Waals surface area contributed by atoms with Crippen LogP contribution in [0.3, 0.4) is 0 Å². The first-order valence-corrected chi connectivity index (χ1v) is 7.91. The number of aryl methyl sites for hydroxylation is 1. The number of nitrogens with one attached hydrogen (secondary N) is 1. The van der Waals surface area contributed by atoms with Crippen molar-refractivity contribution in [3.05, 3.63) is 29.8 Å². The molecule has 2 heterocycles. The Morgan fingerprint density at radius 2 is 1.95 bits per heavy atom. The fourth-order valence-electron chi connectivity index (χ4n) is 3.42. The molecule has 1 aromatic carbocycles. The van der Waals surface area contributed by atoms with E-state index in [1.165, 1.54) is 5.56 Å². The Kier molecular flexibility index (Phi) is 4.15. The molecule has 1 N–H and O–H groups in total. The van der Waals surface area contributed by atoms with Crippen molar-refractivity contribution in [1.29, 1.82) is 0 Å². The Morgan fingerprint density at radius 3 is 2.71 bits per heavy atom. The van der Waals surface area contributed by atoms with Crippen LogP contribution in [-0.4, -0.2) is 42.1 Å². The van der Waals surface area contributed by atoms with Crippen LogP contribution >= 0.6 is 0 Å². The molecule has 3 atom stereocenters. The molecule has 0 saturated carbocycles. The highest BCUT2D eigenvalue weighted by atomic mass is 16.5. The molecule has 2 aliphatic heterocycles. The number of hydrogen-bond donors (Lipinski definition) is 1. The van der Waals surface area contributed by atoms with Crippen LogP contribution in [0, 0.1) is 6.92 Å². The minimum atomic E-state index is -0.422. The van der Waals surface area contributed by atoms with E-state index in [0.29, 0.717) is 12.1 Å². The van der Waals surface area contributed by atoms with Crippen LogP contribution in [0.2, 0.25) is 0 Å². The SMILES string of the molecule is Cc1ccc(OC(C)C(=O)N2C3CCNCC2CC3)cc1. The van der Waals surface area contributed by atoms with Crippen molar-refractivity contribution in [1.82, 2.24) is 10.2 Å². The summed E-state index contributed by atoms with van der Waals surface area (Å²) in [4.78, 5) is 14.8. The van der Waals surface area contributed by atoms with Gasteiger partial charge in [0.2, 0.25) is 0 Å². The number of fused-ring (bicyclic) bond motifs is 2. The predicted octanol–water partition coefficient (Wildman–Crippen LogP) is 2.12. The van der Waals surface area contributed by atoms with Crippen LogP contribution in [-0.2, 0) is 4.79 Å². The molecule has 3 rings (SSSR count). The zero-order valence-electron chi connectivity index (χ0n) is 12.8. The molecule has 21 heavy (non-hydrogen) atoms. The number of rotatable bonds is 3. The number of amides is 1. The zero-order chi connectivity index (χ0) is 14.8. The third-order valence-corrected chi connectivity index (χ3v) is 4.59. The minimum Gasteiger partial charge on any atom is -0.481 e. The van der Waals surface area contributed by atoms with E-state index in [2.05, 4.69) is 10.2 Å². The summed E-state index contributed by atoms with van der Waals surface area (Å²) in [5, 5.41) is 3.42. The average Bonchev–Trinajstić information content (AvgIpc) is 2.73. The monoisotopic (exact) mass is 288 g/mol. The molecule has 2 saturated heterocycles. The maximum Gasteiger partial charge on any atom is 0.263 e. The van der Waals surface area contributed by atoms with Crippen LogP contribution < -0.4 is 10.1 Å². The van der Waals surface area contributed by atoms with Crippen LogP contribution in [0.1, 0.15) is 31.7 Å². The first-order chi connectivity index (χ1) is 10.1. The number of carbonyl (C=O) groups excluding carboxylic acids is 1. The predicted molar refractivity (Wildman–Crippen MR) is 82.4 cm³/mol. The number of ether oxygens (including phenoxy) is 1. The molecule has 3 unspecified atom stereocenters. The van der Waals surface area contributed by atoms with Gasteiger partial charge in [0.25, 0.3) is 5.91 Å². The number of hydrogen-bond acceptors (Lipinski definition) is 3. The third-order valence-electron chi connectivity index (χ3n) is 4.59. The molecule has 2 fully saturated rings. The quantitative estimate of drug-likeness (QED) is 0.926. The summed E-state index contributed by atoms with van der Waals surface area (Å²) in [5.74, 6) is 0.897. The molecular formula is C17H24N2O2. The highest BCUT2D eigenvalue weighted by molar-refractivity contribution is 5.82. The first-order valence-electron chi connectivity index (χ1n) is 7.91. The van der Waals surface area contributed by atoms with E-state index in [1.807, 2.05) is 38.1 Å². The van der Waals surface area contributed by atoms with Crippen LogP contribution in [0.4, 0.5) is 0 Å². The minimum absolute atomic E-state index is 0.131. The molecule has 2 bridgehead atoms.